The van der Waals surface area contributed by atoms with Gasteiger partial charge in [0.1, 0.15) is 11.8 Å². The van der Waals surface area contributed by atoms with Crippen molar-refractivity contribution in [1.29, 1.82) is 0 Å². The fraction of sp³-hybridized carbons (Fsp3) is 0.400. The van der Waals surface area contributed by atoms with E-state index in [0.717, 1.165) is 17.4 Å². The van der Waals surface area contributed by atoms with Crippen molar-refractivity contribution in [2.24, 2.45) is 0 Å². The summed E-state index contributed by atoms with van der Waals surface area (Å²) in [7, 11) is 0. The molecule has 20 heavy (non-hydrogen) atoms. The second kappa shape index (κ2) is 6.54. The fourth-order valence-corrected chi connectivity index (χ4v) is 2.10. The van der Waals surface area contributed by atoms with E-state index < -0.39 is 6.04 Å². The fourth-order valence-electron chi connectivity index (χ4n) is 2.10. The predicted octanol–water partition coefficient (Wildman–Crippen LogP) is 1.47. The first-order chi connectivity index (χ1) is 9.69. The van der Waals surface area contributed by atoms with Crippen LogP contribution in [0.2, 0.25) is 0 Å². The lowest BCUT2D eigenvalue weighted by Crippen LogP contribution is -2.38. The van der Waals surface area contributed by atoms with E-state index >= 15 is 0 Å². The number of carbonyl (C=O) groups excluding carboxylic acids is 1. The van der Waals surface area contributed by atoms with E-state index in [1.165, 1.54) is 6.26 Å². The Kier molecular flexibility index (Phi) is 4.76. The normalized spacial score (nSPS) is 12.6. The van der Waals surface area contributed by atoms with Crippen LogP contribution in [-0.2, 0) is 6.42 Å². The summed E-state index contributed by atoms with van der Waals surface area (Å²) < 4.78 is 5.37. The summed E-state index contributed by atoms with van der Waals surface area (Å²) in [5.74, 6) is -0.301. The second-order valence-corrected chi connectivity index (χ2v) is 4.70. The molecule has 1 heterocycles. The number of rotatable bonds is 6. The third-order valence-corrected chi connectivity index (χ3v) is 3.32. The second-order valence-electron chi connectivity index (χ2n) is 4.70. The molecule has 5 heteroatoms. The molecule has 0 fully saturated rings. The molecule has 0 aliphatic rings. The highest BCUT2D eigenvalue weighted by Crippen LogP contribution is 2.23. The monoisotopic (exact) mass is 277 g/mol. The van der Waals surface area contributed by atoms with Crippen LogP contribution in [0.1, 0.15) is 29.3 Å². The standard InChI is InChI=1S/C15H19NO4/c1-2-10-3-4-14-12(7-10)13(9-20-14)15(19)16-11(8-18)5-6-17/h3-4,7,9,11,17-18H,2,5-6,8H2,1H3,(H,16,19)/t11-/m0/s1. The van der Waals surface area contributed by atoms with Crippen LogP contribution in [0.15, 0.2) is 28.9 Å². The molecule has 0 spiro atoms. The van der Waals surface area contributed by atoms with Crippen molar-refractivity contribution >= 4 is 16.9 Å². The molecule has 0 aliphatic carbocycles. The van der Waals surface area contributed by atoms with Crippen LogP contribution >= 0.6 is 0 Å². The molecule has 1 atom stereocenters. The third-order valence-electron chi connectivity index (χ3n) is 3.32. The molecule has 0 radical (unpaired) electrons. The van der Waals surface area contributed by atoms with Crippen LogP contribution in [0.3, 0.4) is 0 Å². The first kappa shape index (κ1) is 14.6. The minimum Gasteiger partial charge on any atom is -0.463 e. The van der Waals surface area contributed by atoms with Crippen LogP contribution in [0.25, 0.3) is 11.0 Å². The molecule has 108 valence electrons. The summed E-state index contributed by atoms with van der Waals surface area (Å²) in [6, 6.07) is 5.30. The lowest BCUT2D eigenvalue weighted by molar-refractivity contribution is 0.0905. The smallest absolute Gasteiger partial charge is 0.255 e. The van der Waals surface area contributed by atoms with E-state index in [1.807, 2.05) is 25.1 Å². The van der Waals surface area contributed by atoms with Crippen molar-refractivity contribution in [1.82, 2.24) is 5.32 Å². The lowest BCUT2D eigenvalue weighted by Gasteiger charge is -2.14. The van der Waals surface area contributed by atoms with Gasteiger partial charge in [0, 0.05) is 12.0 Å². The molecule has 2 rings (SSSR count). The number of aliphatic hydroxyl groups is 2. The highest BCUT2D eigenvalue weighted by molar-refractivity contribution is 6.06. The van der Waals surface area contributed by atoms with Gasteiger partial charge in [0.05, 0.1) is 18.2 Å². The van der Waals surface area contributed by atoms with Gasteiger partial charge in [0.25, 0.3) is 5.91 Å². The molecule has 0 saturated heterocycles. The van der Waals surface area contributed by atoms with Crippen molar-refractivity contribution < 1.29 is 19.4 Å². The summed E-state index contributed by atoms with van der Waals surface area (Å²) in [5.41, 5.74) is 2.24. The van der Waals surface area contributed by atoms with Gasteiger partial charge in [0.15, 0.2) is 0 Å². The Bertz CT molecular complexity index is 591. The van der Waals surface area contributed by atoms with Gasteiger partial charge in [-0.1, -0.05) is 13.0 Å². The van der Waals surface area contributed by atoms with Gasteiger partial charge >= 0.3 is 0 Å². The van der Waals surface area contributed by atoms with Gasteiger partial charge in [-0.05, 0) is 30.5 Å². The first-order valence-corrected chi connectivity index (χ1v) is 6.72. The average molecular weight is 277 g/mol. The molecule has 0 aliphatic heterocycles. The molecule has 0 unspecified atom stereocenters. The summed E-state index contributed by atoms with van der Waals surface area (Å²) >= 11 is 0. The predicted molar refractivity (Wildman–Crippen MR) is 75.6 cm³/mol. The largest absolute Gasteiger partial charge is 0.463 e. The zero-order valence-corrected chi connectivity index (χ0v) is 11.4. The zero-order valence-electron chi connectivity index (χ0n) is 11.4. The van der Waals surface area contributed by atoms with Gasteiger partial charge in [0.2, 0.25) is 0 Å². The number of aryl methyl sites for hydroxylation is 1. The van der Waals surface area contributed by atoms with Crippen molar-refractivity contribution in [2.45, 2.75) is 25.8 Å². The lowest BCUT2D eigenvalue weighted by atomic mass is 10.1. The maximum Gasteiger partial charge on any atom is 0.255 e. The van der Waals surface area contributed by atoms with Crippen LogP contribution < -0.4 is 5.32 Å². The Hall–Kier alpha value is -1.85. The minimum absolute atomic E-state index is 0.0857. The minimum atomic E-state index is -0.452. The Morgan fingerprint density at radius 1 is 1.40 bits per heavy atom. The zero-order chi connectivity index (χ0) is 14.5. The van der Waals surface area contributed by atoms with Crippen molar-refractivity contribution in [3.05, 3.63) is 35.6 Å². The van der Waals surface area contributed by atoms with Crippen LogP contribution in [-0.4, -0.2) is 35.4 Å². The van der Waals surface area contributed by atoms with Crippen LogP contribution in [0.4, 0.5) is 0 Å². The summed E-state index contributed by atoms with van der Waals surface area (Å²) in [6.07, 6.45) is 2.62. The van der Waals surface area contributed by atoms with Gasteiger partial charge in [-0.15, -0.1) is 0 Å². The molecule has 1 aromatic carbocycles. The van der Waals surface area contributed by atoms with E-state index in [0.29, 0.717) is 17.6 Å². The van der Waals surface area contributed by atoms with Crippen LogP contribution in [0, 0.1) is 0 Å². The SMILES string of the molecule is CCc1ccc2occ(C(=O)N[C@H](CO)CCO)c2c1. The quantitative estimate of drug-likeness (QED) is 0.746. The maximum absolute atomic E-state index is 12.2. The van der Waals surface area contributed by atoms with E-state index in [-0.39, 0.29) is 19.1 Å². The molecule has 3 N–H and O–H groups in total. The Morgan fingerprint density at radius 3 is 2.85 bits per heavy atom. The van der Waals surface area contributed by atoms with E-state index in [2.05, 4.69) is 5.32 Å². The molecule has 2 aromatic rings. The van der Waals surface area contributed by atoms with Crippen molar-refractivity contribution in [2.75, 3.05) is 13.2 Å². The maximum atomic E-state index is 12.2. The van der Waals surface area contributed by atoms with Gasteiger partial charge < -0.3 is 19.9 Å². The molecule has 1 amide bonds. The third kappa shape index (κ3) is 3.00. The summed E-state index contributed by atoms with van der Waals surface area (Å²) in [5, 5.41) is 21.5. The Morgan fingerprint density at radius 2 is 2.20 bits per heavy atom. The number of hydrogen-bond acceptors (Lipinski definition) is 4. The number of furan rings is 1. The average Bonchev–Trinajstić information content (AvgIpc) is 2.89. The number of fused-ring (bicyclic) bond motifs is 1. The van der Waals surface area contributed by atoms with Crippen molar-refractivity contribution in [3.63, 3.8) is 0 Å². The van der Waals surface area contributed by atoms with Crippen LogP contribution in [0.5, 0.6) is 0 Å². The molecule has 0 bridgehead atoms. The number of aliphatic hydroxyl groups excluding tert-OH is 2. The van der Waals surface area contributed by atoms with E-state index in [4.69, 9.17) is 14.6 Å². The van der Waals surface area contributed by atoms with Gasteiger partial charge in [-0.25, -0.2) is 0 Å². The highest BCUT2D eigenvalue weighted by atomic mass is 16.3. The molecule has 0 saturated carbocycles. The molecule has 5 nitrogen and oxygen atoms in total. The molecular formula is C15H19NO4. The number of amides is 1. The van der Waals surface area contributed by atoms with E-state index in [1.54, 1.807) is 0 Å². The summed E-state index contributed by atoms with van der Waals surface area (Å²) in [4.78, 5) is 12.2. The Labute approximate surface area is 117 Å². The Balaban J connectivity index is 2.25. The number of nitrogens with one attached hydrogen (secondary N) is 1. The summed E-state index contributed by atoms with van der Waals surface area (Å²) in [6.45, 7) is 1.75. The van der Waals surface area contributed by atoms with E-state index in [9.17, 15) is 4.79 Å². The topological polar surface area (TPSA) is 82.7 Å². The molecular weight excluding hydrogens is 258 g/mol. The number of hydrogen-bond donors (Lipinski definition) is 3. The first-order valence-electron chi connectivity index (χ1n) is 6.72. The number of carbonyl (C=O) groups is 1. The number of benzene rings is 1. The van der Waals surface area contributed by atoms with Gasteiger partial charge in [-0.3, -0.25) is 4.79 Å². The highest BCUT2D eigenvalue weighted by Gasteiger charge is 2.17. The van der Waals surface area contributed by atoms with Crippen molar-refractivity contribution in [3.8, 4) is 0 Å². The molecule has 1 aromatic heterocycles. The van der Waals surface area contributed by atoms with Gasteiger partial charge in [-0.2, -0.15) is 0 Å².